The van der Waals surface area contributed by atoms with Crippen molar-refractivity contribution in [3.8, 4) is 0 Å². The van der Waals surface area contributed by atoms with Crippen LogP contribution < -0.4 is 10.2 Å². The SMILES string of the molecule is COC(=O)c1c(NC(=O)CN2CCN(c3ccccc3F)CC2)c2c(C)cccc2n1C. The van der Waals surface area contributed by atoms with Crippen LogP contribution >= 0.6 is 0 Å². The lowest BCUT2D eigenvalue weighted by atomic mass is 10.1. The molecule has 1 aliphatic heterocycles. The van der Waals surface area contributed by atoms with Crippen LogP contribution in [0, 0.1) is 12.7 Å². The molecule has 1 aromatic heterocycles. The Morgan fingerprint density at radius 2 is 1.78 bits per heavy atom. The van der Waals surface area contributed by atoms with E-state index < -0.39 is 5.97 Å². The minimum Gasteiger partial charge on any atom is -0.464 e. The highest BCUT2D eigenvalue weighted by Crippen LogP contribution is 2.33. The summed E-state index contributed by atoms with van der Waals surface area (Å²) in [6, 6.07) is 12.5. The number of rotatable bonds is 5. The van der Waals surface area contributed by atoms with Crippen LogP contribution in [0.15, 0.2) is 42.5 Å². The molecule has 0 spiro atoms. The van der Waals surface area contributed by atoms with Crippen molar-refractivity contribution in [3.63, 3.8) is 0 Å². The molecule has 0 unspecified atom stereocenters. The number of para-hydroxylation sites is 1. The first kappa shape index (κ1) is 21.8. The molecule has 1 saturated heterocycles. The molecule has 2 heterocycles. The fraction of sp³-hybridized carbons (Fsp3) is 0.333. The van der Waals surface area contributed by atoms with Gasteiger partial charge in [0.05, 0.1) is 30.5 Å². The summed E-state index contributed by atoms with van der Waals surface area (Å²) in [5.74, 6) is -0.942. The molecular weight excluding hydrogens is 411 g/mol. The number of halogens is 1. The normalized spacial score (nSPS) is 14.6. The van der Waals surface area contributed by atoms with Crippen molar-refractivity contribution in [1.82, 2.24) is 9.47 Å². The number of piperazine rings is 1. The summed E-state index contributed by atoms with van der Waals surface area (Å²) in [4.78, 5) is 29.4. The fourth-order valence-corrected chi connectivity index (χ4v) is 4.36. The monoisotopic (exact) mass is 438 g/mol. The summed E-state index contributed by atoms with van der Waals surface area (Å²) < 4.78 is 20.8. The Kier molecular flexibility index (Phi) is 6.14. The minimum absolute atomic E-state index is 0.188. The number of amides is 1. The molecule has 1 amide bonds. The predicted octanol–water partition coefficient (Wildman–Crippen LogP) is 3.17. The third-order valence-corrected chi connectivity index (χ3v) is 6.01. The first-order chi connectivity index (χ1) is 15.4. The van der Waals surface area contributed by atoms with Gasteiger partial charge in [0.15, 0.2) is 5.69 Å². The molecule has 4 rings (SSSR count). The van der Waals surface area contributed by atoms with Crippen molar-refractivity contribution in [3.05, 3.63) is 59.5 Å². The van der Waals surface area contributed by atoms with Crippen LogP contribution in [0.4, 0.5) is 15.8 Å². The quantitative estimate of drug-likeness (QED) is 0.620. The van der Waals surface area contributed by atoms with Gasteiger partial charge in [0.25, 0.3) is 0 Å². The first-order valence-corrected chi connectivity index (χ1v) is 10.6. The van der Waals surface area contributed by atoms with Gasteiger partial charge in [-0.1, -0.05) is 24.3 Å². The molecule has 168 valence electrons. The zero-order valence-electron chi connectivity index (χ0n) is 18.5. The van der Waals surface area contributed by atoms with Gasteiger partial charge in [0.1, 0.15) is 5.82 Å². The number of esters is 1. The van der Waals surface area contributed by atoms with Crippen molar-refractivity contribution >= 4 is 34.2 Å². The Labute approximate surface area is 186 Å². The van der Waals surface area contributed by atoms with E-state index >= 15 is 0 Å². The Balaban J connectivity index is 1.48. The molecule has 8 heteroatoms. The standard InChI is InChI=1S/C24H27FN4O3/c1-16-7-6-10-19-21(16)22(23(27(19)2)24(31)32-3)26-20(30)15-28-11-13-29(14-12-28)18-9-5-4-8-17(18)25/h4-10H,11-15H2,1-3H3,(H,26,30). The van der Waals surface area contributed by atoms with Crippen LogP contribution in [-0.2, 0) is 16.6 Å². The number of nitrogens with one attached hydrogen (secondary N) is 1. The lowest BCUT2D eigenvalue weighted by Gasteiger charge is -2.35. The molecule has 32 heavy (non-hydrogen) atoms. The zero-order chi connectivity index (χ0) is 22.8. The van der Waals surface area contributed by atoms with E-state index in [2.05, 4.69) is 5.32 Å². The number of hydrogen-bond acceptors (Lipinski definition) is 5. The van der Waals surface area contributed by atoms with E-state index in [0.29, 0.717) is 43.2 Å². The van der Waals surface area contributed by atoms with Crippen molar-refractivity contribution in [2.45, 2.75) is 6.92 Å². The van der Waals surface area contributed by atoms with Gasteiger partial charge >= 0.3 is 5.97 Å². The number of ether oxygens (including phenoxy) is 1. The molecule has 0 saturated carbocycles. The van der Waals surface area contributed by atoms with Crippen molar-refractivity contribution in [2.75, 3.05) is 50.1 Å². The van der Waals surface area contributed by atoms with Crippen LogP contribution in [0.25, 0.3) is 10.9 Å². The highest BCUT2D eigenvalue weighted by Gasteiger charge is 2.26. The Hall–Kier alpha value is -3.39. The van der Waals surface area contributed by atoms with Gasteiger partial charge in [-0.25, -0.2) is 9.18 Å². The second-order valence-electron chi connectivity index (χ2n) is 8.01. The summed E-state index contributed by atoms with van der Waals surface area (Å²) in [5, 5.41) is 3.78. The van der Waals surface area contributed by atoms with E-state index in [1.807, 2.05) is 41.0 Å². The topological polar surface area (TPSA) is 66.8 Å². The van der Waals surface area contributed by atoms with Gasteiger partial charge in [-0.15, -0.1) is 0 Å². The smallest absolute Gasteiger partial charge is 0.356 e. The predicted molar refractivity (Wildman–Crippen MR) is 123 cm³/mol. The summed E-state index contributed by atoms with van der Waals surface area (Å²) in [6.45, 7) is 4.68. The number of fused-ring (bicyclic) bond motifs is 1. The van der Waals surface area contributed by atoms with Gasteiger partial charge in [-0.05, 0) is 30.7 Å². The molecule has 0 aliphatic carbocycles. The molecule has 1 aliphatic rings. The number of aromatic nitrogens is 1. The zero-order valence-corrected chi connectivity index (χ0v) is 18.5. The van der Waals surface area contributed by atoms with E-state index in [1.54, 1.807) is 23.7 Å². The highest BCUT2D eigenvalue weighted by atomic mass is 19.1. The second kappa shape index (κ2) is 9.00. The van der Waals surface area contributed by atoms with Gasteiger partial charge in [0, 0.05) is 38.6 Å². The summed E-state index contributed by atoms with van der Waals surface area (Å²) in [7, 11) is 3.11. The molecule has 2 aromatic carbocycles. The molecule has 0 atom stereocenters. The molecule has 1 N–H and O–H groups in total. The van der Waals surface area contributed by atoms with Gasteiger partial charge in [-0.2, -0.15) is 0 Å². The van der Waals surface area contributed by atoms with Crippen LogP contribution in [0.1, 0.15) is 16.1 Å². The van der Waals surface area contributed by atoms with Gasteiger partial charge < -0.3 is 19.5 Å². The number of anilines is 2. The molecular formula is C24H27FN4O3. The Morgan fingerprint density at radius 3 is 2.47 bits per heavy atom. The minimum atomic E-state index is -0.503. The lowest BCUT2D eigenvalue weighted by Crippen LogP contribution is -2.49. The molecule has 3 aromatic rings. The number of hydrogen-bond donors (Lipinski definition) is 1. The van der Waals surface area contributed by atoms with Crippen molar-refractivity contribution in [2.24, 2.45) is 7.05 Å². The highest BCUT2D eigenvalue weighted by molar-refractivity contribution is 6.12. The summed E-state index contributed by atoms with van der Waals surface area (Å²) in [5.41, 5.74) is 3.18. The van der Waals surface area contributed by atoms with Crippen molar-refractivity contribution < 1.29 is 18.7 Å². The number of nitrogens with zero attached hydrogens (tertiary/aromatic N) is 3. The fourth-order valence-electron chi connectivity index (χ4n) is 4.36. The van der Waals surface area contributed by atoms with Gasteiger partial charge in [-0.3, -0.25) is 9.69 Å². The van der Waals surface area contributed by atoms with Crippen LogP contribution in [-0.4, -0.2) is 61.2 Å². The average Bonchev–Trinajstić information content (AvgIpc) is 3.06. The van der Waals surface area contributed by atoms with E-state index in [0.717, 1.165) is 16.5 Å². The number of carbonyl (C=O) groups is 2. The van der Waals surface area contributed by atoms with E-state index in [1.165, 1.54) is 13.2 Å². The summed E-state index contributed by atoms with van der Waals surface area (Å²) in [6.07, 6.45) is 0. The van der Waals surface area contributed by atoms with E-state index in [4.69, 9.17) is 4.74 Å². The molecule has 7 nitrogen and oxygen atoms in total. The Morgan fingerprint density at radius 1 is 1.06 bits per heavy atom. The first-order valence-electron chi connectivity index (χ1n) is 10.6. The van der Waals surface area contributed by atoms with Crippen LogP contribution in [0.3, 0.4) is 0 Å². The van der Waals surface area contributed by atoms with Gasteiger partial charge in [0.2, 0.25) is 5.91 Å². The van der Waals surface area contributed by atoms with Crippen molar-refractivity contribution in [1.29, 1.82) is 0 Å². The van der Waals surface area contributed by atoms with Crippen LogP contribution in [0.2, 0.25) is 0 Å². The molecule has 0 bridgehead atoms. The largest absolute Gasteiger partial charge is 0.464 e. The maximum atomic E-state index is 14.1. The third-order valence-electron chi connectivity index (χ3n) is 6.01. The lowest BCUT2D eigenvalue weighted by molar-refractivity contribution is -0.117. The number of methoxy groups -OCH3 is 1. The Bertz CT molecular complexity index is 1170. The van der Waals surface area contributed by atoms with E-state index in [9.17, 15) is 14.0 Å². The second-order valence-corrected chi connectivity index (χ2v) is 8.01. The number of carbonyl (C=O) groups excluding carboxylic acids is 2. The average molecular weight is 439 g/mol. The van der Waals surface area contributed by atoms with E-state index in [-0.39, 0.29) is 18.3 Å². The maximum Gasteiger partial charge on any atom is 0.356 e. The molecule has 1 fully saturated rings. The van der Waals surface area contributed by atoms with Crippen LogP contribution in [0.5, 0.6) is 0 Å². The maximum absolute atomic E-state index is 14.1. The third kappa shape index (κ3) is 4.05. The number of benzene rings is 2. The molecule has 0 radical (unpaired) electrons. The summed E-state index contributed by atoms with van der Waals surface area (Å²) >= 11 is 0. The number of aryl methyl sites for hydroxylation is 2.